The quantitative estimate of drug-likeness (QED) is 0.552. The summed E-state index contributed by atoms with van der Waals surface area (Å²) in [5.74, 6) is -3.88. The summed E-state index contributed by atoms with van der Waals surface area (Å²) in [7, 11) is 0. The molecular formula is C15H10KNaO6. The van der Waals surface area contributed by atoms with Gasteiger partial charge in [0, 0.05) is 5.56 Å². The molecule has 0 aliphatic carbocycles. The molecular weight excluding hydrogens is 338 g/mol. The fourth-order valence-corrected chi connectivity index (χ4v) is 1.42. The van der Waals surface area contributed by atoms with E-state index in [0.29, 0.717) is 0 Å². The number of hydrogen-bond donors (Lipinski definition) is 1. The van der Waals surface area contributed by atoms with Crippen molar-refractivity contribution in [1.29, 1.82) is 0 Å². The van der Waals surface area contributed by atoms with Crippen molar-refractivity contribution in [3.05, 3.63) is 71.3 Å². The van der Waals surface area contributed by atoms with Crippen LogP contribution in [0.1, 0.15) is 31.1 Å². The Hall–Kier alpha value is -0.514. The normalized spacial score (nSPS) is 8.35. The van der Waals surface area contributed by atoms with Crippen LogP contribution in [-0.4, -0.2) is 23.0 Å². The minimum absolute atomic E-state index is 0. The summed E-state index contributed by atoms with van der Waals surface area (Å²) in [5, 5.41) is 29.0. The van der Waals surface area contributed by atoms with Crippen molar-refractivity contribution in [2.24, 2.45) is 0 Å². The third-order valence-corrected chi connectivity index (χ3v) is 2.39. The zero-order valence-corrected chi connectivity index (χ0v) is 17.8. The molecule has 0 unspecified atom stereocenters. The van der Waals surface area contributed by atoms with Gasteiger partial charge in [-0.2, -0.15) is 0 Å². The van der Waals surface area contributed by atoms with Crippen LogP contribution in [0, 0.1) is 0 Å². The maximum Gasteiger partial charge on any atom is 1.00 e. The Morgan fingerprint density at radius 1 is 0.739 bits per heavy atom. The van der Waals surface area contributed by atoms with Crippen LogP contribution in [0.2, 0.25) is 0 Å². The van der Waals surface area contributed by atoms with Gasteiger partial charge in [-0.25, -0.2) is 4.79 Å². The van der Waals surface area contributed by atoms with Crippen molar-refractivity contribution in [2.45, 2.75) is 0 Å². The Morgan fingerprint density at radius 2 is 1.17 bits per heavy atom. The summed E-state index contributed by atoms with van der Waals surface area (Å²) >= 11 is 0. The van der Waals surface area contributed by atoms with E-state index in [1.54, 1.807) is 18.2 Å². The van der Waals surface area contributed by atoms with Crippen molar-refractivity contribution < 1.29 is 111 Å². The molecule has 108 valence electrons. The first-order valence-corrected chi connectivity index (χ1v) is 5.73. The topological polar surface area (TPSA) is 118 Å². The maximum atomic E-state index is 10.4. The largest absolute Gasteiger partial charge is 1.00 e. The first kappa shape index (κ1) is 24.7. The molecule has 0 saturated heterocycles. The van der Waals surface area contributed by atoms with Crippen molar-refractivity contribution in [1.82, 2.24) is 0 Å². The monoisotopic (exact) mass is 348 g/mol. The van der Waals surface area contributed by atoms with Crippen molar-refractivity contribution in [2.75, 3.05) is 0 Å². The van der Waals surface area contributed by atoms with Crippen LogP contribution < -0.4 is 91.2 Å². The average Bonchev–Trinajstić information content (AvgIpc) is 2.48. The standard InChI is InChI=1S/C8H6O4.C7H6O2.K.Na/c9-7(10)5-3-1-2-4-6(5)8(11)12;8-7(9)6-4-2-1-3-5-6;;/h1-4H,(H,9,10)(H,11,12);1-5H,(H,8,9);;/q;;2*+1/p-2. The second kappa shape index (κ2) is 12.9. The predicted molar refractivity (Wildman–Crippen MR) is 68.5 cm³/mol. The smallest absolute Gasteiger partial charge is 0.545 e. The van der Waals surface area contributed by atoms with E-state index in [-0.39, 0.29) is 97.6 Å². The van der Waals surface area contributed by atoms with Crippen molar-refractivity contribution in [3.8, 4) is 0 Å². The third-order valence-electron chi connectivity index (χ3n) is 2.39. The first-order valence-electron chi connectivity index (χ1n) is 5.73. The van der Waals surface area contributed by atoms with Crippen LogP contribution in [0.15, 0.2) is 54.6 Å². The van der Waals surface area contributed by atoms with Crippen LogP contribution in [-0.2, 0) is 0 Å². The molecule has 1 N–H and O–H groups in total. The Balaban J connectivity index is 0. The minimum Gasteiger partial charge on any atom is -0.545 e. The third kappa shape index (κ3) is 8.78. The number of carbonyl (C=O) groups excluding carboxylic acids is 2. The molecule has 2 rings (SSSR count). The molecule has 0 aliphatic rings. The zero-order chi connectivity index (χ0) is 15.8. The Bertz CT molecular complexity index is 627. The second-order valence-electron chi connectivity index (χ2n) is 3.79. The molecule has 0 heterocycles. The summed E-state index contributed by atoms with van der Waals surface area (Å²) in [6.45, 7) is 0. The first-order chi connectivity index (χ1) is 9.93. The summed E-state index contributed by atoms with van der Waals surface area (Å²) in [4.78, 5) is 30.9. The van der Waals surface area contributed by atoms with Gasteiger partial charge in [-0.3, -0.25) is 0 Å². The van der Waals surface area contributed by atoms with E-state index < -0.39 is 17.9 Å². The fraction of sp³-hybridized carbons (Fsp3) is 0. The van der Waals surface area contributed by atoms with E-state index in [1.165, 1.54) is 36.4 Å². The van der Waals surface area contributed by atoms with Crippen LogP contribution in [0.25, 0.3) is 0 Å². The minimum atomic E-state index is -1.48. The van der Waals surface area contributed by atoms with Crippen LogP contribution in [0.4, 0.5) is 0 Å². The van der Waals surface area contributed by atoms with Crippen LogP contribution in [0.5, 0.6) is 0 Å². The van der Waals surface area contributed by atoms with E-state index in [9.17, 15) is 24.6 Å². The van der Waals surface area contributed by atoms with Gasteiger partial charge < -0.3 is 24.9 Å². The molecule has 2 aromatic carbocycles. The molecule has 0 spiro atoms. The fourth-order valence-electron chi connectivity index (χ4n) is 1.42. The van der Waals surface area contributed by atoms with E-state index in [2.05, 4.69) is 0 Å². The van der Waals surface area contributed by atoms with E-state index in [0.717, 1.165) is 0 Å². The predicted octanol–water partition coefficient (Wildman–Crippen LogP) is -6.19. The van der Waals surface area contributed by atoms with Gasteiger partial charge in [-0.1, -0.05) is 48.5 Å². The van der Waals surface area contributed by atoms with Gasteiger partial charge in [0.05, 0.1) is 17.5 Å². The number of carboxylic acids is 3. The molecule has 2 aromatic rings. The maximum absolute atomic E-state index is 10.4. The van der Waals surface area contributed by atoms with E-state index >= 15 is 0 Å². The van der Waals surface area contributed by atoms with Crippen LogP contribution in [0.3, 0.4) is 0 Å². The number of aromatic carboxylic acids is 3. The van der Waals surface area contributed by atoms with Crippen molar-refractivity contribution >= 4 is 17.9 Å². The van der Waals surface area contributed by atoms with E-state index in [4.69, 9.17) is 5.11 Å². The number of carboxylic acid groups (broad SMARTS) is 3. The Kier molecular flexibility index (Phi) is 13.8. The molecule has 0 atom stereocenters. The van der Waals surface area contributed by atoms with E-state index in [1.807, 2.05) is 0 Å². The molecule has 0 radical (unpaired) electrons. The van der Waals surface area contributed by atoms with Gasteiger partial charge in [-0.05, 0) is 11.6 Å². The zero-order valence-electron chi connectivity index (χ0n) is 12.7. The molecule has 0 amide bonds. The van der Waals surface area contributed by atoms with Crippen LogP contribution >= 0.6 is 0 Å². The summed E-state index contributed by atoms with van der Waals surface area (Å²) in [6.07, 6.45) is 0. The second-order valence-corrected chi connectivity index (χ2v) is 3.79. The van der Waals surface area contributed by atoms with Gasteiger partial charge in [0.2, 0.25) is 0 Å². The summed E-state index contributed by atoms with van der Waals surface area (Å²) in [6, 6.07) is 13.4. The molecule has 0 aliphatic heterocycles. The van der Waals surface area contributed by atoms with Gasteiger partial charge in [0.15, 0.2) is 0 Å². The number of benzene rings is 2. The summed E-state index contributed by atoms with van der Waals surface area (Å²) < 4.78 is 0. The molecule has 23 heavy (non-hydrogen) atoms. The molecule has 0 aromatic heterocycles. The Morgan fingerprint density at radius 3 is 1.48 bits per heavy atom. The molecule has 0 saturated carbocycles. The van der Waals surface area contributed by atoms with Gasteiger partial charge in [-0.15, -0.1) is 0 Å². The summed E-state index contributed by atoms with van der Waals surface area (Å²) in [5.41, 5.74) is -0.333. The number of hydrogen-bond acceptors (Lipinski definition) is 5. The average molecular weight is 348 g/mol. The molecule has 8 heteroatoms. The Labute approximate surface area is 197 Å². The molecule has 6 nitrogen and oxygen atoms in total. The van der Waals surface area contributed by atoms with Gasteiger partial charge in [0.25, 0.3) is 0 Å². The number of rotatable bonds is 3. The van der Waals surface area contributed by atoms with Gasteiger partial charge >= 0.3 is 86.9 Å². The SMILES string of the molecule is O=C([O-])c1ccccc1.O=C([O-])c1ccccc1C(=O)O.[K+].[Na+]. The molecule has 0 fully saturated rings. The van der Waals surface area contributed by atoms with Crippen molar-refractivity contribution in [3.63, 3.8) is 0 Å². The van der Waals surface area contributed by atoms with Gasteiger partial charge in [0.1, 0.15) is 0 Å². The number of carbonyl (C=O) groups is 3. The molecule has 0 bridgehead atoms.